The van der Waals surface area contributed by atoms with Gasteiger partial charge in [0.25, 0.3) is 0 Å². The van der Waals surface area contributed by atoms with Crippen LogP contribution in [0.5, 0.6) is 0 Å². The fraction of sp³-hybridized carbons (Fsp3) is 0.583. The van der Waals surface area contributed by atoms with Gasteiger partial charge in [0.2, 0.25) is 0 Å². The van der Waals surface area contributed by atoms with Crippen molar-refractivity contribution in [1.29, 1.82) is 0 Å². The van der Waals surface area contributed by atoms with Crippen molar-refractivity contribution in [3.05, 3.63) is 27.1 Å². The van der Waals surface area contributed by atoms with Crippen LogP contribution in [0, 0.1) is 16.0 Å². The fourth-order valence-corrected chi connectivity index (χ4v) is 3.44. The third kappa shape index (κ3) is 2.69. The Morgan fingerprint density at radius 1 is 1.44 bits per heavy atom. The Morgan fingerprint density at radius 3 is 2.61 bits per heavy atom. The highest BCUT2D eigenvalue weighted by Crippen LogP contribution is 2.39. The summed E-state index contributed by atoms with van der Waals surface area (Å²) in [5.41, 5.74) is 0.589. The minimum Gasteiger partial charge on any atom is -0.481 e. The Labute approximate surface area is 109 Å². The number of nitro groups is 1. The van der Waals surface area contributed by atoms with Crippen molar-refractivity contribution in [2.75, 3.05) is 0 Å². The number of hydrogen-bond donors (Lipinski definition) is 1. The second kappa shape index (κ2) is 5.48. The number of carboxylic acids is 1. The van der Waals surface area contributed by atoms with E-state index in [0.29, 0.717) is 5.56 Å². The number of carbonyl (C=O) groups is 1. The molecule has 1 unspecified atom stereocenters. The molecule has 0 spiro atoms. The van der Waals surface area contributed by atoms with Gasteiger partial charge in [-0.25, -0.2) is 0 Å². The molecule has 1 saturated carbocycles. The van der Waals surface area contributed by atoms with Crippen LogP contribution in [0.2, 0.25) is 0 Å². The van der Waals surface area contributed by atoms with E-state index in [1.807, 2.05) is 0 Å². The van der Waals surface area contributed by atoms with Crippen LogP contribution >= 0.6 is 11.3 Å². The van der Waals surface area contributed by atoms with Gasteiger partial charge in [0.1, 0.15) is 0 Å². The smallest absolute Gasteiger partial charge is 0.324 e. The number of nitrogens with zero attached hydrogens (tertiary/aromatic N) is 1. The van der Waals surface area contributed by atoms with Crippen molar-refractivity contribution in [2.45, 2.75) is 38.0 Å². The molecule has 0 aliphatic heterocycles. The quantitative estimate of drug-likeness (QED) is 0.671. The third-order valence-corrected chi connectivity index (χ3v) is 4.43. The van der Waals surface area contributed by atoms with Gasteiger partial charge in [-0.2, -0.15) is 0 Å². The molecule has 1 aromatic heterocycles. The Morgan fingerprint density at radius 2 is 2.11 bits per heavy atom. The average molecular weight is 269 g/mol. The van der Waals surface area contributed by atoms with Gasteiger partial charge in [0.15, 0.2) is 0 Å². The molecule has 1 atom stereocenters. The third-order valence-electron chi connectivity index (χ3n) is 3.53. The zero-order chi connectivity index (χ0) is 13.1. The first-order chi connectivity index (χ1) is 8.59. The normalized spacial score (nSPS) is 18.4. The van der Waals surface area contributed by atoms with E-state index in [9.17, 15) is 20.0 Å². The van der Waals surface area contributed by atoms with Crippen LogP contribution in [-0.2, 0) is 4.79 Å². The number of carboxylic acid groups (broad SMARTS) is 1. The molecule has 1 aromatic rings. The molecule has 2 rings (SSSR count). The van der Waals surface area contributed by atoms with E-state index >= 15 is 0 Å². The Balaban J connectivity index is 2.22. The Bertz CT molecular complexity index is 451. The topological polar surface area (TPSA) is 80.4 Å². The van der Waals surface area contributed by atoms with E-state index in [4.69, 9.17) is 0 Å². The van der Waals surface area contributed by atoms with Gasteiger partial charge in [-0.05, 0) is 24.3 Å². The van der Waals surface area contributed by atoms with Crippen LogP contribution in [0.15, 0.2) is 11.4 Å². The molecule has 1 heterocycles. The fourth-order valence-electron chi connectivity index (χ4n) is 2.68. The second-order valence-corrected chi connectivity index (χ2v) is 5.58. The summed E-state index contributed by atoms with van der Waals surface area (Å²) in [6, 6.07) is 1.41. The van der Waals surface area contributed by atoms with E-state index in [-0.39, 0.29) is 10.9 Å². The first-order valence-corrected chi connectivity index (χ1v) is 6.93. The summed E-state index contributed by atoms with van der Waals surface area (Å²) in [7, 11) is 0. The second-order valence-electron chi connectivity index (χ2n) is 4.69. The number of thiophene rings is 1. The first-order valence-electron chi connectivity index (χ1n) is 6.05. The molecule has 1 fully saturated rings. The monoisotopic (exact) mass is 269 g/mol. The summed E-state index contributed by atoms with van der Waals surface area (Å²) in [5, 5.41) is 21.7. The molecular weight excluding hydrogens is 254 g/mol. The molecule has 0 bridgehead atoms. The van der Waals surface area contributed by atoms with Crippen molar-refractivity contribution in [2.24, 2.45) is 5.92 Å². The van der Waals surface area contributed by atoms with Crippen LogP contribution in [-0.4, -0.2) is 16.0 Å². The lowest BCUT2D eigenvalue weighted by atomic mass is 9.77. The summed E-state index contributed by atoms with van der Waals surface area (Å²) in [5.74, 6) is -1.34. The highest BCUT2D eigenvalue weighted by molar-refractivity contribution is 7.13. The molecule has 18 heavy (non-hydrogen) atoms. The molecule has 0 amide bonds. The average Bonchev–Trinajstić information content (AvgIpc) is 2.79. The van der Waals surface area contributed by atoms with E-state index in [1.165, 1.54) is 6.07 Å². The number of hydrogen-bond acceptors (Lipinski definition) is 4. The largest absolute Gasteiger partial charge is 0.481 e. The maximum absolute atomic E-state index is 11.4. The summed E-state index contributed by atoms with van der Waals surface area (Å²) in [6.07, 6.45) is 5.08. The van der Waals surface area contributed by atoms with E-state index < -0.39 is 16.8 Å². The number of aliphatic carboxylic acids is 1. The van der Waals surface area contributed by atoms with Crippen LogP contribution in [0.4, 0.5) is 5.00 Å². The van der Waals surface area contributed by atoms with Crippen LogP contribution in [0.1, 0.15) is 43.6 Å². The Kier molecular flexibility index (Phi) is 3.96. The predicted molar refractivity (Wildman–Crippen MR) is 67.9 cm³/mol. The predicted octanol–water partition coefficient (Wildman–Crippen LogP) is 3.40. The van der Waals surface area contributed by atoms with Crippen molar-refractivity contribution >= 4 is 22.3 Å². The SMILES string of the molecule is O=C(O)C(c1csc([N+](=O)[O-])c1)C1CCCCC1. The lowest BCUT2D eigenvalue weighted by molar-refractivity contribution is -0.380. The van der Waals surface area contributed by atoms with Gasteiger partial charge in [-0.3, -0.25) is 14.9 Å². The summed E-state index contributed by atoms with van der Waals surface area (Å²) in [4.78, 5) is 21.6. The lowest BCUT2D eigenvalue weighted by Gasteiger charge is -2.26. The van der Waals surface area contributed by atoms with Crippen molar-refractivity contribution in [3.63, 3.8) is 0 Å². The molecule has 98 valence electrons. The molecule has 5 nitrogen and oxygen atoms in total. The van der Waals surface area contributed by atoms with Crippen molar-refractivity contribution in [1.82, 2.24) is 0 Å². The standard InChI is InChI=1S/C12H15NO4S/c14-12(15)11(8-4-2-1-3-5-8)9-6-10(13(16)17)18-7-9/h6-8,11H,1-5H2,(H,14,15). The van der Waals surface area contributed by atoms with Gasteiger partial charge < -0.3 is 5.11 Å². The molecule has 1 aliphatic carbocycles. The highest BCUT2D eigenvalue weighted by atomic mass is 32.1. The van der Waals surface area contributed by atoms with Gasteiger partial charge in [0, 0.05) is 11.4 Å². The van der Waals surface area contributed by atoms with Crippen LogP contribution < -0.4 is 0 Å². The zero-order valence-electron chi connectivity index (χ0n) is 9.87. The molecule has 0 radical (unpaired) electrons. The van der Waals surface area contributed by atoms with E-state index in [2.05, 4.69) is 0 Å². The molecule has 6 heteroatoms. The molecule has 0 aromatic carbocycles. The lowest BCUT2D eigenvalue weighted by Crippen LogP contribution is -2.23. The van der Waals surface area contributed by atoms with E-state index in [1.54, 1.807) is 5.38 Å². The van der Waals surface area contributed by atoms with Gasteiger partial charge in [0.05, 0.1) is 10.8 Å². The van der Waals surface area contributed by atoms with Crippen LogP contribution in [0.3, 0.4) is 0 Å². The minimum absolute atomic E-state index is 0.0204. The molecule has 0 saturated heterocycles. The number of rotatable bonds is 4. The zero-order valence-corrected chi connectivity index (χ0v) is 10.7. The minimum atomic E-state index is -0.866. The van der Waals surface area contributed by atoms with Gasteiger partial charge >= 0.3 is 11.0 Å². The van der Waals surface area contributed by atoms with E-state index in [0.717, 1.165) is 43.4 Å². The van der Waals surface area contributed by atoms with Crippen molar-refractivity contribution < 1.29 is 14.8 Å². The Hall–Kier alpha value is -1.43. The molecule has 1 aliphatic rings. The van der Waals surface area contributed by atoms with Crippen molar-refractivity contribution in [3.8, 4) is 0 Å². The molecular formula is C12H15NO4S. The molecule has 1 N–H and O–H groups in total. The van der Waals surface area contributed by atoms with Crippen LogP contribution in [0.25, 0.3) is 0 Å². The summed E-state index contributed by atoms with van der Waals surface area (Å²) in [6.45, 7) is 0. The first kappa shape index (κ1) is 13.0. The van der Waals surface area contributed by atoms with Gasteiger partial charge in [-0.1, -0.05) is 30.6 Å². The summed E-state index contributed by atoms with van der Waals surface area (Å²) >= 11 is 1.00. The summed E-state index contributed by atoms with van der Waals surface area (Å²) < 4.78 is 0. The highest BCUT2D eigenvalue weighted by Gasteiger charge is 2.32. The maximum atomic E-state index is 11.4. The van der Waals surface area contributed by atoms with Gasteiger partial charge in [-0.15, -0.1) is 0 Å². The maximum Gasteiger partial charge on any atom is 0.324 e.